The van der Waals surface area contributed by atoms with Gasteiger partial charge in [0, 0.05) is 29.3 Å². The number of aromatic amines is 1. The molecule has 0 amide bonds. The fourth-order valence-electron chi connectivity index (χ4n) is 2.86. The van der Waals surface area contributed by atoms with Crippen LogP contribution in [0.1, 0.15) is 25.7 Å². The second-order valence-corrected chi connectivity index (χ2v) is 7.45. The Labute approximate surface area is 123 Å². The van der Waals surface area contributed by atoms with E-state index in [2.05, 4.69) is 9.71 Å². The van der Waals surface area contributed by atoms with Crippen LogP contribution in [0.2, 0.25) is 0 Å². The van der Waals surface area contributed by atoms with Crippen LogP contribution in [0.4, 0.5) is 5.69 Å². The Morgan fingerprint density at radius 2 is 2.05 bits per heavy atom. The number of hydrogen-bond donors (Lipinski definition) is 4. The van der Waals surface area contributed by atoms with Crippen molar-refractivity contribution in [3.8, 4) is 0 Å². The van der Waals surface area contributed by atoms with Crippen LogP contribution in [-0.4, -0.2) is 30.7 Å². The molecule has 1 heterocycles. The monoisotopic (exact) mass is 309 g/mol. The van der Waals surface area contributed by atoms with E-state index in [9.17, 15) is 13.5 Å². The second-order valence-electron chi connectivity index (χ2n) is 5.71. The van der Waals surface area contributed by atoms with Gasteiger partial charge in [0.15, 0.2) is 0 Å². The first-order valence-corrected chi connectivity index (χ1v) is 8.47. The summed E-state index contributed by atoms with van der Waals surface area (Å²) in [6.45, 7) is 0.0526. The molecule has 2 aromatic rings. The van der Waals surface area contributed by atoms with Gasteiger partial charge in [-0.3, -0.25) is 0 Å². The molecule has 1 aromatic heterocycles. The van der Waals surface area contributed by atoms with Gasteiger partial charge in [0.25, 0.3) is 0 Å². The number of nitrogen functional groups attached to an aromatic ring is 1. The maximum Gasteiger partial charge on any atom is 0.242 e. The number of H-pyrrole nitrogens is 1. The molecule has 21 heavy (non-hydrogen) atoms. The molecular weight excluding hydrogens is 290 g/mol. The maximum atomic E-state index is 12.4. The van der Waals surface area contributed by atoms with Gasteiger partial charge in [0.1, 0.15) is 4.90 Å². The zero-order valence-electron chi connectivity index (χ0n) is 11.6. The summed E-state index contributed by atoms with van der Waals surface area (Å²) in [5, 5.41) is 10.8. The topological polar surface area (TPSA) is 108 Å². The third-order valence-electron chi connectivity index (χ3n) is 4.08. The number of aliphatic hydroxyl groups is 1. The van der Waals surface area contributed by atoms with Crippen molar-refractivity contribution in [1.29, 1.82) is 0 Å². The van der Waals surface area contributed by atoms with Crippen LogP contribution in [0.3, 0.4) is 0 Å². The van der Waals surface area contributed by atoms with Gasteiger partial charge in [-0.15, -0.1) is 0 Å². The summed E-state index contributed by atoms with van der Waals surface area (Å²) in [5.74, 6) is 0. The van der Waals surface area contributed by atoms with E-state index in [1.54, 1.807) is 18.2 Å². The van der Waals surface area contributed by atoms with Crippen molar-refractivity contribution in [3.05, 3.63) is 24.4 Å². The molecule has 0 spiro atoms. The molecule has 0 atom stereocenters. The third kappa shape index (κ3) is 2.76. The number of aromatic nitrogens is 1. The second kappa shape index (κ2) is 5.01. The van der Waals surface area contributed by atoms with Gasteiger partial charge in [-0.25, -0.2) is 13.1 Å². The van der Waals surface area contributed by atoms with Crippen molar-refractivity contribution < 1.29 is 13.5 Å². The zero-order chi connectivity index (χ0) is 15.1. The standard InChI is InChI=1S/C14H19N3O3S/c15-10-3-4-11-12(7-10)16-8-13(11)21(19,20)17-9-14(18)5-1-2-6-14/h3-4,7-8,16-18H,1-2,5-6,9,15H2. The lowest BCUT2D eigenvalue weighted by molar-refractivity contribution is 0.0532. The molecule has 114 valence electrons. The Morgan fingerprint density at radius 3 is 2.76 bits per heavy atom. The minimum Gasteiger partial charge on any atom is -0.399 e. The van der Waals surface area contributed by atoms with E-state index < -0.39 is 15.6 Å². The molecule has 0 bridgehead atoms. The molecule has 0 unspecified atom stereocenters. The lowest BCUT2D eigenvalue weighted by atomic mass is 10.0. The molecule has 0 radical (unpaired) electrons. The first kappa shape index (κ1) is 14.4. The summed E-state index contributed by atoms with van der Waals surface area (Å²) in [6.07, 6.45) is 4.60. The fourth-order valence-corrected chi connectivity index (χ4v) is 4.15. The summed E-state index contributed by atoms with van der Waals surface area (Å²) in [5.41, 5.74) is 6.02. The number of fused-ring (bicyclic) bond motifs is 1. The van der Waals surface area contributed by atoms with Gasteiger partial charge in [-0.2, -0.15) is 0 Å². The smallest absolute Gasteiger partial charge is 0.242 e. The van der Waals surface area contributed by atoms with E-state index in [1.807, 2.05) is 0 Å². The van der Waals surface area contributed by atoms with E-state index in [-0.39, 0.29) is 11.4 Å². The maximum absolute atomic E-state index is 12.4. The van der Waals surface area contributed by atoms with E-state index in [1.165, 1.54) is 6.20 Å². The minimum absolute atomic E-state index is 0.0526. The van der Waals surface area contributed by atoms with E-state index in [0.29, 0.717) is 29.4 Å². The Hall–Kier alpha value is -1.57. The van der Waals surface area contributed by atoms with Crippen LogP contribution < -0.4 is 10.5 Å². The largest absolute Gasteiger partial charge is 0.399 e. The lowest BCUT2D eigenvalue weighted by Crippen LogP contribution is -2.40. The fraction of sp³-hybridized carbons (Fsp3) is 0.429. The van der Waals surface area contributed by atoms with Crippen molar-refractivity contribution in [2.24, 2.45) is 0 Å². The Kier molecular flexibility index (Phi) is 3.43. The van der Waals surface area contributed by atoms with Crippen molar-refractivity contribution in [2.75, 3.05) is 12.3 Å². The van der Waals surface area contributed by atoms with Crippen LogP contribution in [0.15, 0.2) is 29.3 Å². The summed E-state index contributed by atoms with van der Waals surface area (Å²) >= 11 is 0. The first-order valence-electron chi connectivity index (χ1n) is 6.98. The van der Waals surface area contributed by atoms with Crippen LogP contribution in [0.25, 0.3) is 10.9 Å². The highest BCUT2D eigenvalue weighted by atomic mass is 32.2. The van der Waals surface area contributed by atoms with Crippen LogP contribution >= 0.6 is 0 Å². The molecule has 1 aromatic carbocycles. The molecule has 1 aliphatic rings. The van der Waals surface area contributed by atoms with Gasteiger partial charge in [-0.1, -0.05) is 12.8 Å². The summed E-state index contributed by atoms with van der Waals surface area (Å²) < 4.78 is 27.4. The SMILES string of the molecule is Nc1ccc2c(S(=O)(=O)NCC3(O)CCCC3)c[nH]c2c1. The number of benzene rings is 1. The van der Waals surface area contributed by atoms with Crippen molar-refractivity contribution in [1.82, 2.24) is 9.71 Å². The molecule has 5 N–H and O–H groups in total. The Balaban J connectivity index is 1.86. The summed E-state index contributed by atoms with van der Waals surface area (Å²) in [6, 6.07) is 5.04. The molecule has 0 aliphatic heterocycles. The average molecular weight is 309 g/mol. The van der Waals surface area contributed by atoms with Gasteiger partial charge >= 0.3 is 0 Å². The van der Waals surface area contributed by atoms with E-state index in [4.69, 9.17) is 5.73 Å². The molecule has 7 heteroatoms. The number of nitrogens with one attached hydrogen (secondary N) is 2. The molecule has 1 fully saturated rings. The molecule has 1 saturated carbocycles. The normalized spacial score (nSPS) is 18.3. The lowest BCUT2D eigenvalue weighted by Gasteiger charge is -2.22. The number of sulfonamides is 1. The van der Waals surface area contributed by atoms with Crippen LogP contribution in [0.5, 0.6) is 0 Å². The predicted octanol–water partition coefficient (Wildman–Crippen LogP) is 1.33. The van der Waals surface area contributed by atoms with Gasteiger partial charge in [0.2, 0.25) is 10.0 Å². The quantitative estimate of drug-likeness (QED) is 0.639. The van der Waals surface area contributed by atoms with Crippen molar-refractivity contribution in [2.45, 2.75) is 36.2 Å². The van der Waals surface area contributed by atoms with Gasteiger partial charge in [0.05, 0.1) is 5.60 Å². The highest BCUT2D eigenvalue weighted by Gasteiger charge is 2.33. The molecule has 1 aliphatic carbocycles. The molecular formula is C14H19N3O3S. The van der Waals surface area contributed by atoms with E-state index >= 15 is 0 Å². The van der Waals surface area contributed by atoms with Crippen molar-refractivity contribution in [3.63, 3.8) is 0 Å². The van der Waals surface area contributed by atoms with Crippen LogP contribution in [-0.2, 0) is 10.0 Å². The molecule has 0 saturated heterocycles. The van der Waals surface area contributed by atoms with Crippen LogP contribution in [0, 0.1) is 0 Å². The predicted molar refractivity (Wildman–Crippen MR) is 81.3 cm³/mol. The van der Waals surface area contributed by atoms with Gasteiger partial charge < -0.3 is 15.8 Å². The number of hydrogen-bond acceptors (Lipinski definition) is 4. The first-order chi connectivity index (χ1) is 9.90. The number of rotatable bonds is 4. The zero-order valence-corrected chi connectivity index (χ0v) is 12.4. The van der Waals surface area contributed by atoms with Gasteiger partial charge in [-0.05, 0) is 31.0 Å². The number of anilines is 1. The minimum atomic E-state index is -3.66. The van der Waals surface area contributed by atoms with Crippen molar-refractivity contribution >= 4 is 26.6 Å². The third-order valence-corrected chi connectivity index (χ3v) is 5.52. The Bertz CT molecular complexity index is 761. The highest BCUT2D eigenvalue weighted by Crippen LogP contribution is 2.30. The van der Waals surface area contributed by atoms with E-state index in [0.717, 1.165) is 12.8 Å². The summed E-state index contributed by atoms with van der Waals surface area (Å²) in [4.78, 5) is 3.09. The number of nitrogens with two attached hydrogens (primary N) is 1. The molecule has 6 nitrogen and oxygen atoms in total. The molecule has 3 rings (SSSR count). The average Bonchev–Trinajstić information content (AvgIpc) is 3.03. The summed E-state index contributed by atoms with van der Waals surface area (Å²) in [7, 11) is -3.66. The highest BCUT2D eigenvalue weighted by molar-refractivity contribution is 7.89. The Morgan fingerprint density at radius 1 is 1.33 bits per heavy atom.